The number of aliphatic imine (C=N–C) groups is 1. The lowest BCUT2D eigenvalue weighted by molar-refractivity contribution is 0.101. The average molecular weight is 443 g/mol. The Morgan fingerprint density at radius 3 is 2.77 bits per heavy atom. The zero-order valence-electron chi connectivity index (χ0n) is 16.1. The molecule has 1 saturated carbocycles. The number of fused-ring (bicyclic) bond motifs is 1. The summed E-state index contributed by atoms with van der Waals surface area (Å²) in [7, 11) is 0. The van der Waals surface area contributed by atoms with E-state index in [1.165, 1.54) is 24.4 Å². The minimum absolute atomic E-state index is 0.0534. The second-order valence-corrected chi connectivity index (χ2v) is 8.09. The van der Waals surface area contributed by atoms with E-state index in [1.54, 1.807) is 10.9 Å². The van der Waals surface area contributed by atoms with Crippen molar-refractivity contribution in [2.75, 3.05) is 5.32 Å². The van der Waals surface area contributed by atoms with E-state index in [-0.39, 0.29) is 22.2 Å². The molecule has 7 nitrogen and oxygen atoms in total. The van der Waals surface area contributed by atoms with Crippen molar-refractivity contribution in [3.8, 4) is 0 Å². The molecule has 2 aliphatic rings. The molecule has 1 aliphatic heterocycles. The summed E-state index contributed by atoms with van der Waals surface area (Å²) in [5.74, 6) is -1.70. The number of hydrogen-bond donors (Lipinski definition) is 2. The first-order valence-electron chi connectivity index (χ1n) is 9.67. The molecular formula is C21H17ClF2N6O. The number of benzene rings is 1. The molecule has 1 atom stereocenters. The summed E-state index contributed by atoms with van der Waals surface area (Å²) < 4.78 is 30.9. The lowest BCUT2D eigenvalue weighted by Crippen LogP contribution is -2.41. The van der Waals surface area contributed by atoms with Gasteiger partial charge in [-0.15, -0.1) is 0 Å². The molecule has 1 fully saturated rings. The minimum atomic E-state index is -1.03. The van der Waals surface area contributed by atoms with Gasteiger partial charge in [0.05, 0.1) is 17.3 Å². The number of anilines is 1. The van der Waals surface area contributed by atoms with Gasteiger partial charge in [0, 0.05) is 23.6 Å². The van der Waals surface area contributed by atoms with Crippen molar-refractivity contribution < 1.29 is 13.6 Å². The van der Waals surface area contributed by atoms with Crippen LogP contribution in [-0.2, 0) is 12.1 Å². The van der Waals surface area contributed by atoms with Gasteiger partial charge in [-0.3, -0.25) is 14.5 Å². The summed E-state index contributed by atoms with van der Waals surface area (Å²) in [6.45, 7) is 0.330. The molecule has 0 saturated heterocycles. The molecule has 0 radical (unpaired) electrons. The molecule has 1 unspecified atom stereocenters. The molecule has 0 spiro atoms. The Morgan fingerprint density at radius 2 is 2.03 bits per heavy atom. The van der Waals surface area contributed by atoms with E-state index in [4.69, 9.17) is 22.3 Å². The molecule has 1 amide bonds. The van der Waals surface area contributed by atoms with Crippen LogP contribution in [-0.4, -0.2) is 26.5 Å². The van der Waals surface area contributed by atoms with Crippen LogP contribution in [0.2, 0.25) is 5.02 Å². The molecule has 0 bridgehead atoms. The lowest BCUT2D eigenvalue weighted by atomic mass is 9.80. The molecule has 1 aliphatic carbocycles. The minimum Gasteiger partial charge on any atom is -0.386 e. The number of nitrogens with one attached hydrogen (secondary N) is 1. The van der Waals surface area contributed by atoms with Crippen LogP contribution in [0.5, 0.6) is 0 Å². The van der Waals surface area contributed by atoms with E-state index < -0.39 is 28.8 Å². The Balaban J connectivity index is 1.57. The van der Waals surface area contributed by atoms with Gasteiger partial charge >= 0.3 is 0 Å². The Hall–Kier alpha value is -3.33. The summed E-state index contributed by atoms with van der Waals surface area (Å²) in [6.07, 6.45) is 4.54. The lowest BCUT2D eigenvalue weighted by Gasteiger charge is -2.35. The van der Waals surface area contributed by atoms with Crippen LogP contribution in [0.1, 0.15) is 34.6 Å². The van der Waals surface area contributed by atoms with E-state index in [0.717, 1.165) is 24.6 Å². The third-order valence-electron chi connectivity index (χ3n) is 5.56. The molecule has 10 heteroatoms. The molecular weight excluding hydrogens is 426 g/mol. The van der Waals surface area contributed by atoms with Crippen molar-refractivity contribution in [1.29, 1.82) is 0 Å². The first-order valence-corrected chi connectivity index (χ1v) is 10.0. The molecule has 3 N–H and O–H groups in total. The van der Waals surface area contributed by atoms with Crippen molar-refractivity contribution in [2.24, 2.45) is 16.6 Å². The van der Waals surface area contributed by atoms with Crippen LogP contribution in [0.4, 0.5) is 14.5 Å². The first kappa shape index (κ1) is 19.6. The van der Waals surface area contributed by atoms with E-state index in [2.05, 4.69) is 15.4 Å². The second-order valence-electron chi connectivity index (χ2n) is 7.65. The number of amides is 1. The number of halogens is 3. The fourth-order valence-corrected chi connectivity index (χ4v) is 4.29. The SMILES string of the molecule is NC1=NC(c2cc(NC(=O)c3ncc(Cl)cc3F)ccc2F)(C2CC2)c2ccnn2C1. The monoisotopic (exact) mass is 442 g/mol. The smallest absolute Gasteiger partial charge is 0.277 e. The molecule has 2 aromatic heterocycles. The standard InChI is InChI=1S/C21H17ClF2N6O/c22-12-7-16(24)19(26-9-12)20(31)28-13-3-4-15(23)14(8-13)21(11-1-2-11)17-5-6-27-30(17)10-18(25)29-21/h3-9,11H,1-2,10H2,(H2,25,29)(H,28,31). The summed E-state index contributed by atoms with van der Waals surface area (Å²) in [5, 5.41) is 6.95. The summed E-state index contributed by atoms with van der Waals surface area (Å²) >= 11 is 5.70. The predicted molar refractivity (Wildman–Crippen MR) is 111 cm³/mol. The van der Waals surface area contributed by atoms with Crippen molar-refractivity contribution in [3.05, 3.63) is 76.3 Å². The number of pyridine rings is 1. The van der Waals surface area contributed by atoms with Gasteiger partial charge in [0.25, 0.3) is 5.91 Å². The number of nitrogens with zero attached hydrogens (tertiary/aromatic N) is 4. The molecule has 5 rings (SSSR count). The number of carbonyl (C=O) groups excluding carboxylic acids is 1. The summed E-state index contributed by atoms with van der Waals surface area (Å²) in [6, 6.07) is 6.98. The highest BCUT2D eigenvalue weighted by Gasteiger charge is 2.52. The van der Waals surface area contributed by atoms with Crippen LogP contribution in [0.3, 0.4) is 0 Å². The zero-order valence-corrected chi connectivity index (χ0v) is 16.9. The van der Waals surface area contributed by atoms with Gasteiger partial charge in [0.15, 0.2) is 11.5 Å². The van der Waals surface area contributed by atoms with Gasteiger partial charge in [-0.25, -0.2) is 13.8 Å². The third kappa shape index (κ3) is 3.25. The summed E-state index contributed by atoms with van der Waals surface area (Å²) in [5.41, 5.74) is 5.96. The van der Waals surface area contributed by atoms with E-state index >= 15 is 4.39 Å². The Kier molecular flexibility index (Phi) is 4.51. The number of aromatic nitrogens is 3. The zero-order chi connectivity index (χ0) is 21.8. The van der Waals surface area contributed by atoms with Crippen molar-refractivity contribution >= 4 is 29.0 Å². The quantitative estimate of drug-likeness (QED) is 0.646. The number of nitrogens with two attached hydrogens (primary N) is 1. The maximum atomic E-state index is 15.1. The first-order chi connectivity index (χ1) is 14.9. The maximum Gasteiger partial charge on any atom is 0.277 e. The number of hydrogen-bond acceptors (Lipinski definition) is 5. The second kappa shape index (κ2) is 7.12. The van der Waals surface area contributed by atoms with E-state index in [1.807, 2.05) is 6.07 Å². The topological polar surface area (TPSA) is 98.2 Å². The highest BCUT2D eigenvalue weighted by atomic mass is 35.5. The van der Waals surface area contributed by atoms with E-state index in [0.29, 0.717) is 12.4 Å². The van der Waals surface area contributed by atoms with Gasteiger partial charge < -0.3 is 11.1 Å². The van der Waals surface area contributed by atoms with E-state index in [9.17, 15) is 9.18 Å². The van der Waals surface area contributed by atoms with Crippen molar-refractivity contribution in [3.63, 3.8) is 0 Å². The number of carbonyl (C=O) groups is 1. The number of amidine groups is 1. The Labute approximate surface area is 180 Å². The fourth-order valence-electron chi connectivity index (χ4n) is 4.14. The van der Waals surface area contributed by atoms with Crippen LogP contribution in [0, 0.1) is 17.6 Å². The van der Waals surface area contributed by atoms with Crippen LogP contribution in [0.15, 0.2) is 47.7 Å². The number of rotatable bonds is 4. The summed E-state index contributed by atoms with van der Waals surface area (Å²) in [4.78, 5) is 21.0. The normalized spacial score (nSPS) is 20.2. The maximum absolute atomic E-state index is 15.1. The molecule has 3 heterocycles. The van der Waals surface area contributed by atoms with Crippen LogP contribution in [0.25, 0.3) is 0 Å². The predicted octanol–water partition coefficient (Wildman–Crippen LogP) is 3.49. The fraction of sp³-hybridized carbons (Fsp3) is 0.238. The van der Waals surface area contributed by atoms with Crippen LogP contribution >= 0.6 is 11.6 Å². The highest BCUT2D eigenvalue weighted by molar-refractivity contribution is 6.30. The van der Waals surface area contributed by atoms with Crippen molar-refractivity contribution in [2.45, 2.75) is 24.9 Å². The average Bonchev–Trinajstić information content (AvgIpc) is 3.47. The van der Waals surface area contributed by atoms with Gasteiger partial charge in [-0.1, -0.05) is 11.6 Å². The Morgan fingerprint density at radius 1 is 1.23 bits per heavy atom. The van der Waals surface area contributed by atoms with Crippen LogP contribution < -0.4 is 11.1 Å². The van der Waals surface area contributed by atoms with Gasteiger partial charge in [-0.05, 0) is 49.1 Å². The molecule has 1 aromatic carbocycles. The van der Waals surface area contributed by atoms with Gasteiger partial charge in [0.2, 0.25) is 0 Å². The van der Waals surface area contributed by atoms with Gasteiger partial charge in [-0.2, -0.15) is 5.10 Å². The third-order valence-corrected chi connectivity index (χ3v) is 5.77. The largest absolute Gasteiger partial charge is 0.386 e. The molecule has 31 heavy (non-hydrogen) atoms. The van der Waals surface area contributed by atoms with Crippen molar-refractivity contribution in [1.82, 2.24) is 14.8 Å². The highest BCUT2D eigenvalue weighted by Crippen LogP contribution is 2.54. The molecule has 158 valence electrons. The molecule has 3 aromatic rings. The van der Waals surface area contributed by atoms with Gasteiger partial charge in [0.1, 0.15) is 17.2 Å². The Bertz CT molecular complexity index is 1240.